The first-order valence-corrected chi connectivity index (χ1v) is 6.01. The molecule has 1 aliphatic heterocycles. The Morgan fingerprint density at radius 1 is 1.50 bits per heavy atom. The van der Waals surface area contributed by atoms with E-state index in [2.05, 4.69) is 23.6 Å². The average molecular weight is 249 g/mol. The summed E-state index contributed by atoms with van der Waals surface area (Å²) in [6, 6.07) is 5.51. The second kappa shape index (κ2) is 5.29. The van der Waals surface area contributed by atoms with Crippen molar-refractivity contribution in [2.24, 2.45) is 10.9 Å². The van der Waals surface area contributed by atoms with E-state index in [0.717, 1.165) is 17.5 Å². The molecule has 0 fully saturated rings. The lowest BCUT2D eigenvalue weighted by molar-refractivity contribution is -0.142. The number of benzene rings is 1. The highest BCUT2D eigenvalue weighted by Gasteiger charge is 2.19. The Balaban J connectivity index is 2.23. The molecule has 0 saturated carbocycles. The first-order valence-electron chi connectivity index (χ1n) is 6.01. The number of aliphatic imine (C=N–C) groups is 1. The summed E-state index contributed by atoms with van der Waals surface area (Å²) in [5.41, 5.74) is 2.41. The van der Waals surface area contributed by atoms with E-state index in [4.69, 9.17) is 0 Å². The van der Waals surface area contributed by atoms with Gasteiger partial charge in [0.05, 0.1) is 6.04 Å². The zero-order valence-corrected chi connectivity index (χ0v) is 10.5. The van der Waals surface area contributed by atoms with Crippen molar-refractivity contribution < 1.29 is 13.9 Å². The van der Waals surface area contributed by atoms with Crippen LogP contribution in [0.4, 0.5) is 4.39 Å². The van der Waals surface area contributed by atoms with E-state index in [1.807, 2.05) is 6.07 Å². The zero-order valence-electron chi connectivity index (χ0n) is 10.5. The molecule has 96 valence electrons. The minimum Gasteiger partial charge on any atom is -0.429 e. The molecule has 2 atom stereocenters. The van der Waals surface area contributed by atoms with Crippen molar-refractivity contribution in [1.29, 1.82) is 0 Å². The van der Waals surface area contributed by atoms with Crippen LogP contribution < -0.4 is 0 Å². The lowest BCUT2D eigenvalue weighted by Crippen LogP contribution is -2.21. The Morgan fingerprint density at radius 2 is 2.28 bits per heavy atom. The number of halogens is 1. The van der Waals surface area contributed by atoms with Gasteiger partial charge in [0.1, 0.15) is 0 Å². The molecule has 0 saturated heterocycles. The molecule has 0 N–H and O–H groups in total. The van der Waals surface area contributed by atoms with E-state index >= 15 is 0 Å². The van der Waals surface area contributed by atoms with Crippen LogP contribution in [0.15, 0.2) is 23.2 Å². The van der Waals surface area contributed by atoms with Gasteiger partial charge < -0.3 is 4.74 Å². The van der Waals surface area contributed by atoms with Crippen LogP contribution in [-0.2, 0) is 16.0 Å². The number of carbonyl (C=O) groups is 1. The highest BCUT2D eigenvalue weighted by atomic mass is 19.1. The van der Waals surface area contributed by atoms with Gasteiger partial charge in [0.25, 0.3) is 12.8 Å². The third-order valence-electron chi connectivity index (χ3n) is 3.21. The van der Waals surface area contributed by atoms with Crippen molar-refractivity contribution in [2.45, 2.75) is 32.7 Å². The van der Waals surface area contributed by atoms with Gasteiger partial charge in [-0.2, -0.15) is 4.39 Å². The molecule has 0 aliphatic carbocycles. The molecule has 18 heavy (non-hydrogen) atoms. The smallest absolute Gasteiger partial charge is 0.295 e. The first kappa shape index (κ1) is 12.7. The van der Waals surface area contributed by atoms with Crippen molar-refractivity contribution in [1.82, 2.24) is 0 Å². The van der Waals surface area contributed by atoms with Gasteiger partial charge in [0, 0.05) is 11.8 Å². The minimum absolute atomic E-state index is 0.118. The molecule has 2 unspecified atom stereocenters. The normalized spacial score (nSPS) is 19.4. The van der Waals surface area contributed by atoms with Crippen LogP contribution in [0, 0.1) is 5.92 Å². The number of hydrogen-bond donors (Lipinski definition) is 0. The average Bonchev–Trinajstić information content (AvgIpc) is 2.37. The fraction of sp³-hybridized carbons (Fsp3) is 0.429. The summed E-state index contributed by atoms with van der Waals surface area (Å²) in [4.78, 5) is 14.6. The molecular formula is C14H16FNO2. The van der Waals surface area contributed by atoms with E-state index in [1.165, 1.54) is 0 Å². The number of hydrogen-bond acceptors (Lipinski definition) is 3. The maximum absolute atomic E-state index is 13.4. The van der Waals surface area contributed by atoms with Crippen molar-refractivity contribution in [3.8, 4) is 0 Å². The number of rotatable bonds is 4. The minimum atomic E-state index is -1.70. The summed E-state index contributed by atoms with van der Waals surface area (Å²) in [7, 11) is 0. The van der Waals surface area contributed by atoms with Crippen molar-refractivity contribution in [3.05, 3.63) is 34.9 Å². The Bertz CT molecular complexity index is 471. The second-order valence-corrected chi connectivity index (χ2v) is 4.80. The molecule has 0 amide bonds. The van der Waals surface area contributed by atoms with Crippen LogP contribution in [0.1, 0.15) is 36.9 Å². The Labute approximate surface area is 106 Å². The second-order valence-electron chi connectivity index (χ2n) is 4.80. The highest BCUT2D eigenvalue weighted by Crippen LogP contribution is 2.25. The Kier molecular flexibility index (Phi) is 3.75. The lowest BCUT2D eigenvalue weighted by atomic mass is 9.91. The molecule has 1 aromatic rings. The molecule has 0 radical (unpaired) electrons. The number of carbonyl (C=O) groups excluding carboxylic acids is 1. The number of ether oxygens (including phenoxy) is 1. The topological polar surface area (TPSA) is 38.7 Å². The van der Waals surface area contributed by atoms with Crippen molar-refractivity contribution in [2.75, 3.05) is 0 Å². The van der Waals surface area contributed by atoms with E-state index < -0.39 is 6.36 Å². The molecule has 0 aromatic heterocycles. The molecule has 0 bridgehead atoms. The number of alkyl halides is 1. The standard InChI is InChI=1S/C14H16FNO2/c1-9(2)13-6-10-3-4-11(14(15)18-8-17)5-12(10)7-16-13/h3-5,7-9,13-14H,6H2,1-2H3. The molecular weight excluding hydrogens is 233 g/mol. The third kappa shape index (κ3) is 2.58. The fourth-order valence-electron chi connectivity index (χ4n) is 2.05. The van der Waals surface area contributed by atoms with E-state index in [0.29, 0.717) is 11.5 Å². The summed E-state index contributed by atoms with van der Waals surface area (Å²) >= 11 is 0. The predicted octanol–water partition coefficient (Wildman–Crippen LogP) is 2.83. The first-order chi connectivity index (χ1) is 8.61. The van der Waals surface area contributed by atoms with Gasteiger partial charge in [-0.3, -0.25) is 9.79 Å². The molecule has 1 heterocycles. The molecule has 3 nitrogen and oxygen atoms in total. The van der Waals surface area contributed by atoms with Gasteiger partial charge in [-0.05, 0) is 29.5 Å². The molecule has 4 heteroatoms. The van der Waals surface area contributed by atoms with Crippen LogP contribution in [0.25, 0.3) is 0 Å². The molecule has 1 aliphatic rings. The van der Waals surface area contributed by atoms with Crippen molar-refractivity contribution >= 4 is 12.7 Å². The van der Waals surface area contributed by atoms with Crippen LogP contribution in [0.3, 0.4) is 0 Å². The summed E-state index contributed by atoms with van der Waals surface area (Å²) in [6.45, 7) is 4.39. The largest absolute Gasteiger partial charge is 0.429 e. The van der Waals surface area contributed by atoms with E-state index in [1.54, 1.807) is 18.3 Å². The van der Waals surface area contributed by atoms with Gasteiger partial charge in [-0.15, -0.1) is 0 Å². The van der Waals surface area contributed by atoms with Crippen LogP contribution in [-0.4, -0.2) is 18.7 Å². The lowest BCUT2D eigenvalue weighted by Gasteiger charge is -2.22. The Hall–Kier alpha value is -1.71. The summed E-state index contributed by atoms with van der Waals surface area (Å²) in [5.74, 6) is 0.487. The molecule has 2 rings (SSSR count). The number of fused-ring (bicyclic) bond motifs is 1. The maximum Gasteiger partial charge on any atom is 0.295 e. The summed E-state index contributed by atoms with van der Waals surface area (Å²) < 4.78 is 17.7. The SMILES string of the molecule is CC(C)C1Cc2ccc(C(F)OC=O)cc2C=N1. The maximum atomic E-state index is 13.4. The van der Waals surface area contributed by atoms with Crippen molar-refractivity contribution in [3.63, 3.8) is 0 Å². The van der Waals surface area contributed by atoms with Gasteiger partial charge in [-0.25, -0.2) is 0 Å². The quantitative estimate of drug-likeness (QED) is 0.770. The van der Waals surface area contributed by atoms with Gasteiger partial charge in [0.2, 0.25) is 0 Å². The summed E-state index contributed by atoms with van der Waals surface area (Å²) in [5, 5.41) is 0. The fourth-order valence-corrected chi connectivity index (χ4v) is 2.05. The zero-order chi connectivity index (χ0) is 13.1. The monoisotopic (exact) mass is 249 g/mol. The van der Waals surface area contributed by atoms with Gasteiger partial charge >= 0.3 is 0 Å². The third-order valence-corrected chi connectivity index (χ3v) is 3.21. The van der Waals surface area contributed by atoms with Gasteiger partial charge in [0.15, 0.2) is 0 Å². The van der Waals surface area contributed by atoms with Gasteiger partial charge in [-0.1, -0.05) is 26.0 Å². The van der Waals surface area contributed by atoms with Crippen LogP contribution in [0.2, 0.25) is 0 Å². The van der Waals surface area contributed by atoms with Crippen LogP contribution in [0.5, 0.6) is 0 Å². The number of nitrogens with zero attached hydrogens (tertiary/aromatic N) is 1. The highest BCUT2D eigenvalue weighted by molar-refractivity contribution is 5.83. The Morgan fingerprint density at radius 3 is 2.94 bits per heavy atom. The summed E-state index contributed by atoms with van der Waals surface area (Å²) in [6.07, 6.45) is 0.944. The van der Waals surface area contributed by atoms with E-state index in [-0.39, 0.29) is 12.5 Å². The molecule has 0 spiro atoms. The van der Waals surface area contributed by atoms with Crippen LogP contribution >= 0.6 is 0 Å². The predicted molar refractivity (Wildman–Crippen MR) is 67.4 cm³/mol. The van der Waals surface area contributed by atoms with E-state index in [9.17, 15) is 9.18 Å². The molecule has 1 aromatic carbocycles.